The third-order valence-electron chi connectivity index (χ3n) is 6.63. The molecule has 35 heavy (non-hydrogen) atoms. The van der Waals surface area contributed by atoms with Crippen LogP contribution in [-0.4, -0.2) is 43.6 Å². The summed E-state index contributed by atoms with van der Waals surface area (Å²) in [6.07, 6.45) is 4.58. The molecule has 10 heteroatoms. The van der Waals surface area contributed by atoms with Crippen molar-refractivity contribution in [1.29, 1.82) is 0 Å². The van der Waals surface area contributed by atoms with Gasteiger partial charge in [-0.25, -0.2) is 9.97 Å². The van der Waals surface area contributed by atoms with Crippen molar-refractivity contribution in [2.75, 3.05) is 22.1 Å². The minimum Gasteiger partial charge on any atom is -0.329 e. The molecule has 4 heterocycles. The van der Waals surface area contributed by atoms with Gasteiger partial charge in [0.2, 0.25) is 17.8 Å². The topological polar surface area (TPSA) is 112 Å². The van der Waals surface area contributed by atoms with Crippen LogP contribution in [0.15, 0.2) is 24.4 Å². The van der Waals surface area contributed by atoms with E-state index in [1.807, 2.05) is 11.0 Å². The maximum atomic E-state index is 13.1. The average Bonchev–Trinajstić information content (AvgIpc) is 3.52. The second-order valence-electron chi connectivity index (χ2n) is 10.5. The highest BCUT2D eigenvalue weighted by Crippen LogP contribution is 2.40. The Labute approximate surface area is 204 Å². The molecule has 0 bridgehead atoms. The molecule has 1 fully saturated rings. The first-order valence-corrected chi connectivity index (χ1v) is 12.1. The molecule has 1 saturated heterocycles. The fourth-order valence-electron chi connectivity index (χ4n) is 4.85. The maximum Gasteiger partial charge on any atom is 0.247 e. The molecule has 1 atom stereocenters. The van der Waals surface area contributed by atoms with Gasteiger partial charge in [0, 0.05) is 18.2 Å². The molecule has 2 aliphatic rings. The van der Waals surface area contributed by atoms with Gasteiger partial charge in [-0.15, -0.1) is 0 Å². The third-order valence-corrected chi connectivity index (χ3v) is 6.63. The summed E-state index contributed by atoms with van der Waals surface area (Å²) in [7, 11) is 0. The maximum absolute atomic E-state index is 13.1. The number of hydrogen-bond acceptors (Lipinski definition) is 7. The zero-order valence-electron chi connectivity index (χ0n) is 20.5. The zero-order chi connectivity index (χ0) is 24.7. The van der Waals surface area contributed by atoms with Gasteiger partial charge in [-0.2, -0.15) is 14.5 Å². The van der Waals surface area contributed by atoms with Gasteiger partial charge in [-0.3, -0.25) is 9.89 Å². The fraction of sp³-hybridized carbons (Fsp3) is 0.480. The largest absolute Gasteiger partial charge is 0.329 e. The van der Waals surface area contributed by atoms with Gasteiger partial charge in [-0.05, 0) is 49.1 Å². The molecule has 0 radical (unpaired) electrons. The summed E-state index contributed by atoms with van der Waals surface area (Å²) < 4.78 is 13.1. The number of hydrogen-bond donors (Lipinski definition) is 3. The molecule has 1 aliphatic heterocycles. The SMILES string of the molecule is CC(C)c1cc(Nc2nc(N3CCCC3C(=O)Nc3ccc(F)nc3)nc3c2CC(C)(C)C3)[nH]n1. The monoisotopic (exact) mass is 478 g/mol. The number of carbonyl (C=O) groups is 1. The van der Waals surface area contributed by atoms with Crippen molar-refractivity contribution in [2.45, 2.75) is 65.3 Å². The normalized spacial score (nSPS) is 18.7. The molecule has 0 spiro atoms. The van der Waals surface area contributed by atoms with Gasteiger partial charge in [-0.1, -0.05) is 27.7 Å². The van der Waals surface area contributed by atoms with Crippen molar-refractivity contribution in [1.82, 2.24) is 25.1 Å². The number of nitrogens with zero attached hydrogens (tertiary/aromatic N) is 5. The number of rotatable bonds is 6. The van der Waals surface area contributed by atoms with Gasteiger partial charge in [0.25, 0.3) is 0 Å². The van der Waals surface area contributed by atoms with E-state index in [9.17, 15) is 9.18 Å². The molecule has 1 unspecified atom stereocenters. The van der Waals surface area contributed by atoms with E-state index in [2.05, 4.69) is 53.5 Å². The quantitative estimate of drug-likeness (QED) is 0.452. The number of fused-ring (bicyclic) bond motifs is 1. The molecule has 3 aromatic heterocycles. The Morgan fingerprint density at radius 2 is 2.09 bits per heavy atom. The smallest absolute Gasteiger partial charge is 0.247 e. The number of pyridine rings is 1. The van der Waals surface area contributed by atoms with Crippen LogP contribution in [0.4, 0.5) is 27.7 Å². The number of amides is 1. The highest BCUT2D eigenvalue weighted by atomic mass is 19.1. The first-order valence-electron chi connectivity index (χ1n) is 12.1. The Hall–Kier alpha value is -3.56. The summed E-state index contributed by atoms with van der Waals surface area (Å²) >= 11 is 0. The van der Waals surface area contributed by atoms with Gasteiger partial charge in [0.1, 0.15) is 17.7 Å². The lowest BCUT2D eigenvalue weighted by atomic mass is 9.90. The Morgan fingerprint density at radius 1 is 1.26 bits per heavy atom. The van der Waals surface area contributed by atoms with Crippen LogP contribution in [0.25, 0.3) is 0 Å². The van der Waals surface area contributed by atoms with Crippen molar-refractivity contribution in [3.05, 3.63) is 47.3 Å². The number of aromatic nitrogens is 5. The first-order chi connectivity index (χ1) is 16.7. The second kappa shape index (κ2) is 8.90. The third kappa shape index (κ3) is 4.82. The van der Waals surface area contributed by atoms with E-state index in [4.69, 9.17) is 9.97 Å². The number of halogens is 1. The predicted molar refractivity (Wildman–Crippen MR) is 132 cm³/mol. The van der Waals surface area contributed by atoms with E-state index < -0.39 is 12.0 Å². The van der Waals surface area contributed by atoms with E-state index in [0.717, 1.165) is 47.8 Å². The molecule has 3 aromatic rings. The summed E-state index contributed by atoms with van der Waals surface area (Å²) in [5.74, 6) is 1.63. The molecule has 3 N–H and O–H groups in total. The number of H-pyrrole nitrogens is 1. The minimum absolute atomic E-state index is 0.0838. The van der Waals surface area contributed by atoms with Crippen LogP contribution in [0.2, 0.25) is 0 Å². The highest BCUT2D eigenvalue weighted by molar-refractivity contribution is 5.96. The first kappa shape index (κ1) is 23.2. The van der Waals surface area contributed by atoms with Crippen LogP contribution < -0.4 is 15.5 Å². The molecule has 9 nitrogen and oxygen atoms in total. The molecular weight excluding hydrogens is 447 g/mol. The zero-order valence-corrected chi connectivity index (χ0v) is 20.5. The van der Waals surface area contributed by atoms with Crippen molar-refractivity contribution in [3.8, 4) is 0 Å². The van der Waals surface area contributed by atoms with Crippen molar-refractivity contribution < 1.29 is 9.18 Å². The van der Waals surface area contributed by atoms with E-state index in [1.165, 1.54) is 18.3 Å². The van der Waals surface area contributed by atoms with E-state index in [-0.39, 0.29) is 11.3 Å². The summed E-state index contributed by atoms with van der Waals surface area (Å²) in [5, 5.41) is 13.7. The van der Waals surface area contributed by atoms with E-state index in [1.54, 1.807) is 0 Å². The predicted octanol–water partition coefficient (Wildman–Crippen LogP) is 4.33. The van der Waals surface area contributed by atoms with Crippen molar-refractivity contribution in [3.63, 3.8) is 0 Å². The fourth-order valence-corrected chi connectivity index (χ4v) is 4.85. The standard InChI is InChI=1S/C25H31FN8O/c1-14(2)17-10-21(33-32-17)30-22-16-11-25(3,4)12-18(16)29-24(31-22)34-9-5-6-19(34)23(35)28-15-7-8-20(26)27-13-15/h7-8,10,13-14,19H,5-6,9,11-12H2,1-4H3,(H,28,35)(H2,29,30,31,32,33). The lowest BCUT2D eigenvalue weighted by Crippen LogP contribution is -2.40. The van der Waals surface area contributed by atoms with Gasteiger partial charge >= 0.3 is 0 Å². The van der Waals surface area contributed by atoms with Crippen molar-refractivity contribution >= 4 is 29.2 Å². The summed E-state index contributed by atoms with van der Waals surface area (Å²) in [4.78, 5) is 28.5. The highest BCUT2D eigenvalue weighted by Gasteiger charge is 2.37. The van der Waals surface area contributed by atoms with Gasteiger partial charge < -0.3 is 15.5 Å². The van der Waals surface area contributed by atoms with Gasteiger partial charge in [0.05, 0.1) is 23.3 Å². The van der Waals surface area contributed by atoms with Crippen LogP contribution in [-0.2, 0) is 17.6 Å². The molecule has 1 aliphatic carbocycles. The molecule has 0 saturated carbocycles. The second-order valence-corrected chi connectivity index (χ2v) is 10.5. The number of nitrogens with one attached hydrogen (secondary N) is 3. The van der Waals surface area contributed by atoms with Gasteiger partial charge in [0.15, 0.2) is 0 Å². The summed E-state index contributed by atoms with van der Waals surface area (Å²) in [6.45, 7) is 9.35. The van der Waals surface area contributed by atoms with E-state index in [0.29, 0.717) is 30.5 Å². The number of anilines is 4. The Balaban J connectivity index is 1.44. The minimum atomic E-state index is -0.585. The van der Waals surface area contributed by atoms with Crippen LogP contribution in [0.3, 0.4) is 0 Å². The number of aromatic amines is 1. The Kier molecular flexibility index (Phi) is 5.90. The van der Waals surface area contributed by atoms with Crippen LogP contribution in [0, 0.1) is 11.4 Å². The summed E-state index contributed by atoms with van der Waals surface area (Å²) in [5.41, 5.74) is 3.64. The van der Waals surface area contributed by atoms with Crippen LogP contribution in [0.5, 0.6) is 0 Å². The molecular formula is C25H31FN8O. The lowest BCUT2D eigenvalue weighted by Gasteiger charge is -2.25. The molecule has 1 amide bonds. The number of carbonyl (C=O) groups excluding carboxylic acids is 1. The van der Waals surface area contributed by atoms with E-state index >= 15 is 0 Å². The molecule has 184 valence electrons. The van der Waals surface area contributed by atoms with Crippen LogP contribution >= 0.6 is 0 Å². The Bertz CT molecular complexity index is 1240. The van der Waals surface area contributed by atoms with Crippen LogP contribution in [0.1, 0.15) is 63.4 Å². The lowest BCUT2D eigenvalue weighted by molar-refractivity contribution is -0.117. The van der Waals surface area contributed by atoms with Crippen molar-refractivity contribution in [2.24, 2.45) is 5.41 Å². The average molecular weight is 479 g/mol. The molecule has 5 rings (SSSR count). The Morgan fingerprint density at radius 3 is 2.80 bits per heavy atom. The molecule has 0 aromatic carbocycles. The summed E-state index contributed by atoms with van der Waals surface area (Å²) in [6, 6.07) is 4.32.